The van der Waals surface area contributed by atoms with Crippen LogP contribution in [-0.2, 0) is 6.54 Å². The molecule has 0 saturated heterocycles. The fourth-order valence-electron chi connectivity index (χ4n) is 1.80. The maximum Gasteiger partial charge on any atom is 0.339 e. The number of nitrogens with zero attached hydrogens (tertiary/aromatic N) is 3. The van der Waals surface area contributed by atoms with Crippen molar-refractivity contribution in [2.45, 2.75) is 20.4 Å². The van der Waals surface area contributed by atoms with E-state index in [-0.39, 0.29) is 5.56 Å². The standard InChI is InChI=1S/C13H15N3O2S/c1-8-4-11(10(5-14-8)13(17)18)16(3)6-12-9(2)15-7-19-12/h4-5,7H,6H2,1-3H3,(H,17,18). The van der Waals surface area contributed by atoms with Crippen LogP contribution in [0.25, 0.3) is 0 Å². The third-order valence-electron chi connectivity index (χ3n) is 2.89. The van der Waals surface area contributed by atoms with E-state index in [0.29, 0.717) is 12.2 Å². The zero-order chi connectivity index (χ0) is 14.0. The minimum atomic E-state index is -0.963. The summed E-state index contributed by atoms with van der Waals surface area (Å²) in [6.07, 6.45) is 1.41. The number of carboxylic acid groups (broad SMARTS) is 1. The first kappa shape index (κ1) is 13.5. The normalized spacial score (nSPS) is 10.5. The molecule has 0 aliphatic rings. The van der Waals surface area contributed by atoms with Crippen molar-refractivity contribution in [3.05, 3.63) is 39.6 Å². The van der Waals surface area contributed by atoms with E-state index in [1.165, 1.54) is 6.20 Å². The molecule has 5 nitrogen and oxygen atoms in total. The van der Waals surface area contributed by atoms with Gasteiger partial charge in [0, 0.05) is 23.8 Å². The lowest BCUT2D eigenvalue weighted by Gasteiger charge is -2.21. The molecule has 0 radical (unpaired) electrons. The number of anilines is 1. The van der Waals surface area contributed by atoms with Gasteiger partial charge >= 0.3 is 5.97 Å². The Morgan fingerprint density at radius 1 is 1.42 bits per heavy atom. The summed E-state index contributed by atoms with van der Waals surface area (Å²) in [5.74, 6) is -0.963. The zero-order valence-electron chi connectivity index (χ0n) is 11.0. The van der Waals surface area contributed by atoms with Crippen LogP contribution in [0.4, 0.5) is 5.69 Å². The van der Waals surface area contributed by atoms with E-state index in [1.807, 2.05) is 25.8 Å². The Balaban J connectivity index is 2.32. The summed E-state index contributed by atoms with van der Waals surface area (Å²) >= 11 is 1.58. The van der Waals surface area contributed by atoms with Crippen molar-refractivity contribution in [3.63, 3.8) is 0 Å². The number of aromatic carboxylic acids is 1. The van der Waals surface area contributed by atoms with Crippen LogP contribution in [0.2, 0.25) is 0 Å². The van der Waals surface area contributed by atoms with Crippen LogP contribution in [0.3, 0.4) is 0 Å². The average Bonchev–Trinajstić information content (AvgIpc) is 2.74. The lowest BCUT2D eigenvalue weighted by Crippen LogP contribution is -2.19. The maximum atomic E-state index is 11.2. The molecule has 6 heteroatoms. The second-order valence-electron chi connectivity index (χ2n) is 4.36. The second kappa shape index (κ2) is 5.36. The summed E-state index contributed by atoms with van der Waals surface area (Å²) in [6.45, 7) is 4.44. The van der Waals surface area contributed by atoms with Crippen LogP contribution in [0, 0.1) is 13.8 Å². The summed E-state index contributed by atoms with van der Waals surface area (Å²) in [5.41, 5.74) is 4.48. The zero-order valence-corrected chi connectivity index (χ0v) is 11.9. The number of carboxylic acids is 1. The van der Waals surface area contributed by atoms with E-state index < -0.39 is 5.97 Å². The van der Waals surface area contributed by atoms with Crippen molar-refractivity contribution in [1.82, 2.24) is 9.97 Å². The number of rotatable bonds is 4. The highest BCUT2D eigenvalue weighted by Crippen LogP contribution is 2.23. The molecule has 100 valence electrons. The summed E-state index contributed by atoms with van der Waals surface area (Å²) in [6, 6.07) is 1.79. The van der Waals surface area contributed by atoms with Gasteiger partial charge in [-0.2, -0.15) is 0 Å². The highest BCUT2D eigenvalue weighted by molar-refractivity contribution is 7.09. The van der Waals surface area contributed by atoms with Gasteiger partial charge in [0.1, 0.15) is 5.56 Å². The molecule has 0 aliphatic heterocycles. The monoisotopic (exact) mass is 277 g/mol. The molecule has 0 spiro atoms. The SMILES string of the molecule is Cc1cc(N(C)Cc2scnc2C)c(C(=O)O)cn1. The molecule has 0 saturated carbocycles. The summed E-state index contributed by atoms with van der Waals surface area (Å²) < 4.78 is 0. The van der Waals surface area contributed by atoms with E-state index in [9.17, 15) is 9.90 Å². The van der Waals surface area contributed by atoms with E-state index in [0.717, 1.165) is 16.3 Å². The third-order valence-corrected chi connectivity index (χ3v) is 3.81. The quantitative estimate of drug-likeness (QED) is 0.930. The fourth-order valence-corrected chi connectivity index (χ4v) is 2.63. The number of thiazole rings is 1. The van der Waals surface area contributed by atoms with Crippen molar-refractivity contribution in [3.8, 4) is 0 Å². The van der Waals surface area contributed by atoms with Gasteiger partial charge in [-0.15, -0.1) is 11.3 Å². The van der Waals surface area contributed by atoms with Gasteiger partial charge in [0.25, 0.3) is 0 Å². The van der Waals surface area contributed by atoms with Crippen molar-refractivity contribution >= 4 is 23.0 Å². The Morgan fingerprint density at radius 2 is 2.16 bits per heavy atom. The molecule has 0 fully saturated rings. The molecular formula is C13H15N3O2S. The smallest absolute Gasteiger partial charge is 0.339 e. The van der Waals surface area contributed by atoms with Crippen LogP contribution in [0.15, 0.2) is 17.8 Å². The molecule has 0 atom stereocenters. The number of hydrogen-bond donors (Lipinski definition) is 1. The van der Waals surface area contributed by atoms with Crippen LogP contribution < -0.4 is 4.90 Å². The lowest BCUT2D eigenvalue weighted by atomic mass is 10.2. The van der Waals surface area contributed by atoms with Gasteiger partial charge in [-0.05, 0) is 19.9 Å². The molecule has 0 bridgehead atoms. The first-order chi connectivity index (χ1) is 8.99. The summed E-state index contributed by atoms with van der Waals surface area (Å²) in [7, 11) is 1.88. The van der Waals surface area contributed by atoms with E-state index in [2.05, 4.69) is 9.97 Å². The van der Waals surface area contributed by atoms with Crippen molar-refractivity contribution in [2.75, 3.05) is 11.9 Å². The predicted molar refractivity (Wildman–Crippen MR) is 74.9 cm³/mol. The van der Waals surface area contributed by atoms with Gasteiger partial charge in [-0.3, -0.25) is 4.98 Å². The lowest BCUT2D eigenvalue weighted by molar-refractivity contribution is 0.0697. The Labute approximate surface area is 115 Å². The predicted octanol–water partition coefficient (Wildman–Crippen LogP) is 2.49. The van der Waals surface area contributed by atoms with E-state index in [1.54, 1.807) is 22.9 Å². The van der Waals surface area contributed by atoms with Crippen LogP contribution in [0.1, 0.15) is 26.6 Å². The fraction of sp³-hybridized carbons (Fsp3) is 0.308. The molecule has 2 rings (SSSR count). The molecule has 2 aromatic rings. The van der Waals surface area contributed by atoms with Gasteiger partial charge in [-0.1, -0.05) is 0 Å². The van der Waals surface area contributed by atoms with Gasteiger partial charge in [-0.25, -0.2) is 9.78 Å². The second-order valence-corrected chi connectivity index (χ2v) is 5.30. The van der Waals surface area contributed by atoms with E-state index >= 15 is 0 Å². The first-order valence-corrected chi connectivity index (χ1v) is 6.67. The average molecular weight is 277 g/mol. The maximum absolute atomic E-state index is 11.2. The number of pyridine rings is 1. The van der Waals surface area contributed by atoms with E-state index in [4.69, 9.17) is 0 Å². The molecule has 0 unspecified atom stereocenters. The van der Waals surface area contributed by atoms with Crippen LogP contribution >= 0.6 is 11.3 Å². The summed E-state index contributed by atoms with van der Waals surface area (Å²) in [5, 5.41) is 9.21. The Kier molecular flexibility index (Phi) is 3.80. The Morgan fingerprint density at radius 3 is 2.74 bits per heavy atom. The molecule has 0 aromatic carbocycles. The van der Waals surface area contributed by atoms with Crippen molar-refractivity contribution in [1.29, 1.82) is 0 Å². The molecule has 1 N–H and O–H groups in total. The number of aromatic nitrogens is 2. The molecular weight excluding hydrogens is 262 g/mol. The molecule has 19 heavy (non-hydrogen) atoms. The number of hydrogen-bond acceptors (Lipinski definition) is 5. The van der Waals surface area contributed by atoms with Gasteiger partial charge in [0.2, 0.25) is 0 Å². The third kappa shape index (κ3) is 2.90. The highest BCUT2D eigenvalue weighted by Gasteiger charge is 2.15. The highest BCUT2D eigenvalue weighted by atomic mass is 32.1. The van der Waals surface area contributed by atoms with Gasteiger partial charge in [0.05, 0.1) is 23.4 Å². The van der Waals surface area contributed by atoms with Gasteiger partial charge < -0.3 is 10.0 Å². The molecule has 0 aliphatic carbocycles. The topological polar surface area (TPSA) is 66.3 Å². The van der Waals surface area contributed by atoms with Gasteiger partial charge in [0.15, 0.2) is 0 Å². The first-order valence-electron chi connectivity index (χ1n) is 5.79. The Bertz CT molecular complexity index is 610. The largest absolute Gasteiger partial charge is 0.478 e. The molecule has 2 aromatic heterocycles. The van der Waals surface area contributed by atoms with Crippen molar-refractivity contribution < 1.29 is 9.90 Å². The Hall–Kier alpha value is -1.95. The molecule has 0 amide bonds. The molecule has 2 heterocycles. The number of carbonyl (C=O) groups is 1. The van der Waals surface area contributed by atoms with Crippen molar-refractivity contribution in [2.24, 2.45) is 0 Å². The minimum absolute atomic E-state index is 0.218. The number of aryl methyl sites for hydroxylation is 2. The van der Waals surface area contributed by atoms with Crippen LogP contribution in [0.5, 0.6) is 0 Å². The summed E-state index contributed by atoms with van der Waals surface area (Å²) in [4.78, 5) is 22.5. The minimum Gasteiger partial charge on any atom is -0.478 e. The van der Waals surface area contributed by atoms with Crippen LogP contribution in [-0.4, -0.2) is 28.1 Å².